The molecule has 0 saturated heterocycles. The number of methoxy groups -OCH3 is 1. The van der Waals surface area contributed by atoms with Crippen LogP contribution in [0.25, 0.3) is 10.9 Å². The van der Waals surface area contributed by atoms with Crippen LogP contribution in [0.15, 0.2) is 41.9 Å². The molecule has 0 saturated carbocycles. The van der Waals surface area contributed by atoms with Crippen LogP contribution in [0.5, 0.6) is 5.75 Å². The molecule has 1 atom stereocenters. The molecular weight excluding hydrogens is 282 g/mol. The van der Waals surface area contributed by atoms with Gasteiger partial charge in [-0.15, -0.1) is 11.3 Å². The number of rotatable bonds is 5. The van der Waals surface area contributed by atoms with Crippen LogP contribution < -0.4 is 10.1 Å². The minimum Gasteiger partial charge on any atom is -0.494 e. The number of para-hydroxylation sites is 1. The molecule has 3 aromatic rings. The molecule has 1 aromatic carbocycles. The first kappa shape index (κ1) is 14.0. The van der Waals surface area contributed by atoms with Gasteiger partial charge in [0.25, 0.3) is 0 Å². The van der Waals surface area contributed by atoms with E-state index >= 15 is 0 Å². The Labute approximate surface area is 127 Å². The molecule has 2 heterocycles. The Morgan fingerprint density at radius 2 is 2.19 bits per heavy atom. The zero-order chi connectivity index (χ0) is 14.7. The van der Waals surface area contributed by atoms with Crippen LogP contribution in [0.2, 0.25) is 0 Å². The number of hydrogen-bond donors (Lipinski definition) is 1. The molecule has 21 heavy (non-hydrogen) atoms. The van der Waals surface area contributed by atoms with Crippen LogP contribution in [-0.2, 0) is 6.54 Å². The summed E-state index contributed by atoms with van der Waals surface area (Å²) >= 11 is 1.66. The van der Waals surface area contributed by atoms with Crippen LogP contribution >= 0.6 is 11.3 Å². The average Bonchev–Trinajstić information content (AvgIpc) is 3.06. The largest absolute Gasteiger partial charge is 0.494 e. The first-order valence-corrected chi connectivity index (χ1v) is 7.71. The van der Waals surface area contributed by atoms with Crippen molar-refractivity contribution in [1.29, 1.82) is 0 Å². The van der Waals surface area contributed by atoms with Crippen LogP contribution in [0, 0.1) is 0 Å². The quantitative estimate of drug-likeness (QED) is 0.782. The highest BCUT2D eigenvalue weighted by atomic mass is 32.1. The molecule has 0 amide bonds. The zero-order valence-corrected chi connectivity index (χ0v) is 12.9. The SMILES string of the molecule is COc1cccc2ccc(CNC(C)c3nccs3)nc12. The normalized spacial score (nSPS) is 12.5. The summed E-state index contributed by atoms with van der Waals surface area (Å²) < 4.78 is 5.38. The van der Waals surface area contributed by atoms with E-state index in [1.54, 1.807) is 18.4 Å². The fraction of sp³-hybridized carbons (Fsp3) is 0.250. The number of hydrogen-bond acceptors (Lipinski definition) is 5. The van der Waals surface area contributed by atoms with Crippen molar-refractivity contribution in [3.05, 3.63) is 52.6 Å². The van der Waals surface area contributed by atoms with Gasteiger partial charge in [0.2, 0.25) is 0 Å². The predicted octanol–water partition coefficient (Wildman–Crippen LogP) is 3.55. The Kier molecular flexibility index (Phi) is 4.13. The summed E-state index contributed by atoms with van der Waals surface area (Å²) in [6, 6.07) is 10.3. The van der Waals surface area contributed by atoms with Gasteiger partial charge >= 0.3 is 0 Å². The Bertz CT molecular complexity index is 727. The summed E-state index contributed by atoms with van der Waals surface area (Å²) in [7, 11) is 1.67. The fourth-order valence-electron chi connectivity index (χ4n) is 2.22. The van der Waals surface area contributed by atoms with E-state index in [1.807, 2.05) is 35.8 Å². The van der Waals surface area contributed by atoms with Crippen molar-refractivity contribution < 1.29 is 4.74 Å². The summed E-state index contributed by atoms with van der Waals surface area (Å²) in [5, 5.41) is 7.62. The number of nitrogens with one attached hydrogen (secondary N) is 1. The second kappa shape index (κ2) is 6.20. The van der Waals surface area contributed by atoms with Gasteiger partial charge in [0.1, 0.15) is 16.3 Å². The Hall–Kier alpha value is -1.98. The van der Waals surface area contributed by atoms with Gasteiger partial charge in [-0.3, -0.25) is 0 Å². The van der Waals surface area contributed by atoms with Gasteiger partial charge in [0.05, 0.1) is 18.8 Å². The maximum atomic E-state index is 5.38. The first-order valence-electron chi connectivity index (χ1n) is 6.83. The summed E-state index contributed by atoms with van der Waals surface area (Å²) in [5.41, 5.74) is 1.90. The van der Waals surface area contributed by atoms with Crippen LogP contribution in [0.4, 0.5) is 0 Å². The van der Waals surface area contributed by atoms with Crippen molar-refractivity contribution in [3.8, 4) is 5.75 Å². The highest BCUT2D eigenvalue weighted by molar-refractivity contribution is 7.09. The molecule has 3 rings (SSSR count). The van der Waals surface area contributed by atoms with Crippen molar-refractivity contribution in [2.45, 2.75) is 19.5 Å². The van der Waals surface area contributed by atoms with Crippen LogP contribution in [0.3, 0.4) is 0 Å². The second-order valence-corrected chi connectivity index (χ2v) is 5.73. The number of thiazole rings is 1. The standard InChI is InChI=1S/C16H17N3OS/c1-11(16-17-8-9-21-16)18-10-13-7-6-12-4-3-5-14(20-2)15(12)19-13/h3-9,11,18H,10H2,1-2H3. The van der Waals surface area contributed by atoms with E-state index in [0.29, 0.717) is 6.54 Å². The lowest BCUT2D eigenvalue weighted by Crippen LogP contribution is -2.18. The molecule has 1 unspecified atom stereocenters. The van der Waals surface area contributed by atoms with E-state index in [1.165, 1.54) is 0 Å². The smallest absolute Gasteiger partial charge is 0.145 e. The fourth-order valence-corrected chi connectivity index (χ4v) is 2.89. The van der Waals surface area contributed by atoms with E-state index in [9.17, 15) is 0 Å². The Balaban J connectivity index is 1.78. The number of nitrogens with zero attached hydrogens (tertiary/aromatic N) is 2. The topological polar surface area (TPSA) is 47.0 Å². The molecule has 0 fully saturated rings. The van der Waals surface area contributed by atoms with Crippen molar-refractivity contribution in [2.24, 2.45) is 0 Å². The molecule has 108 valence electrons. The van der Waals surface area contributed by atoms with Gasteiger partial charge in [-0.05, 0) is 19.1 Å². The van der Waals surface area contributed by atoms with Crippen molar-refractivity contribution in [3.63, 3.8) is 0 Å². The first-order chi connectivity index (χ1) is 10.3. The molecule has 0 aliphatic carbocycles. The number of pyridine rings is 1. The molecule has 0 bridgehead atoms. The number of ether oxygens (including phenoxy) is 1. The monoisotopic (exact) mass is 299 g/mol. The Morgan fingerprint density at radius 3 is 2.95 bits per heavy atom. The molecule has 5 heteroatoms. The third-order valence-electron chi connectivity index (χ3n) is 3.37. The molecule has 0 aliphatic heterocycles. The number of benzene rings is 1. The van der Waals surface area contributed by atoms with E-state index < -0.39 is 0 Å². The summed E-state index contributed by atoms with van der Waals surface area (Å²) in [4.78, 5) is 9.02. The van der Waals surface area contributed by atoms with Crippen LogP contribution in [0.1, 0.15) is 23.7 Å². The van der Waals surface area contributed by atoms with Crippen molar-refractivity contribution in [1.82, 2.24) is 15.3 Å². The van der Waals surface area contributed by atoms with E-state index in [0.717, 1.165) is 27.4 Å². The maximum absolute atomic E-state index is 5.38. The van der Waals surface area contributed by atoms with Gasteiger partial charge in [0, 0.05) is 23.5 Å². The molecule has 4 nitrogen and oxygen atoms in total. The van der Waals surface area contributed by atoms with Crippen molar-refractivity contribution in [2.75, 3.05) is 7.11 Å². The molecule has 0 radical (unpaired) electrons. The third-order valence-corrected chi connectivity index (χ3v) is 4.33. The average molecular weight is 299 g/mol. The van der Waals surface area contributed by atoms with E-state index in [2.05, 4.69) is 23.3 Å². The molecule has 1 N–H and O–H groups in total. The minimum absolute atomic E-state index is 0.222. The lowest BCUT2D eigenvalue weighted by Gasteiger charge is -2.11. The molecule has 0 spiro atoms. The second-order valence-electron chi connectivity index (χ2n) is 4.81. The number of fused-ring (bicyclic) bond motifs is 1. The molecule has 2 aromatic heterocycles. The summed E-state index contributed by atoms with van der Waals surface area (Å²) in [6.07, 6.45) is 1.83. The summed E-state index contributed by atoms with van der Waals surface area (Å²) in [5.74, 6) is 0.808. The van der Waals surface area contributed by atoms with Gasteiger partial charge in [0.15, 0.2) is 0 Å². The number of aromatic nitrogens is 2. The van der Waals surface area contributed by atoms with Crippen molar-refractivity contribution >= 4 is 22.2 Å². The van der Waals surface area contributed by atoms with Gasteiger partial charge < -0.3 is 10.1 Å². The third kappa shape index (κ3) is 3.04. The Morgan fingerprint density at radius 1 is 1.29 bits per heavy atom. The predicted molar refractivity (Wildman–Crippen MR) is 85.7 cm³/mol. The van der Waals surface area contributed by atoms with Gasteiger partial charge in [-0.1, -0.05) is 18.2 Å². The minimum atomic E-state index is 0.222. The lowest BCUT2D eigenvalue weighted by atomic mass is 10.2. The van der Waals surface area contributed by atoms with Crippen LogP contribution in [-0.4, -0.2) is 17.1 Å². The molecule has 0 aliphatic rings. The van der Waals surface area contributed by atoms with Gasteiger partial charge in [-0.25, -0.2) is 9.97 Å². The summed E-state index contributed by atoms with van der Waals surface area (Å²) in [6.45, 7) is 2.81. The van der Waals surface area contributed by atoms with E-state index in [4.69, 9.17) is 9.72 Å². The maximum Gasteiger partial charge on any atom is 0.145 e. The molecular formula is C16H17N3OS. The highest BCUT2D eigenvalue weighted by Crippen LogP contribution is 2.23. The van der Waals surface area contributed by atoms with Gasteiger partial charge in [-0.2, -0.15) is 0 Å². The highest BCUT2D eigenvalue weighted by Gasteiger charge is 2.09. The lowest BCUT2D eigenvalue weighted by molar-refractivity contribution is 0.418. The zero-order valence-electron chi connectivity index (χ0n) is 12.0. The van der Waals surface area contributed by atoms with E-state index in [-0.39, 0.29) is 6.04 Å².